The van der Waals surface area contributed by atoms with Gasteiger partial charge in [0.15, 0.2) is 0 Å². The van der Waals surface area contributed by atoms with Crippen molar-refractivity contribution in [3.8, 4) is 0 Å². The second-order valence-corrected chi connectivity index (χ2v) is 7.55. The number of nitrogens with one attached hydrogen (secondary N) is 3. The number of anilines is 1. The molecule has 0 saturated carbocycles. The van der Waals surface area contributed by atoms with E-state index in [1.807, 2.05) is 0 Å². The van der Waals surface area contributed by atoms with Gasteiger partial charge in [0.1, 0.15) is 11.4 Å². The van der Waals surface area contributed by atoms with E-state index < -0.39 is 23.4 Å². The highest BCUT2D eigenvalue weighted by atomic mass is 19.1. The van der Waals surface area contributed by atoms with Crippen LogP contribution in [0.2, 0.25) is 0 Å². The van der Waals surface area contributed by atoms with Crippen LogP contribution in [-0.4, -0.2) is 30.1 Å². The molecule has 30 heavy (non-hydrogen) atoms. The van der Waals surface area contributed by atoms with E-state index in [4.69, 9.17) is 4.74 Å². The van der Waals surface area contributed by atoms with Gasteiger partial charge >= 0.3 is 6.09 Å². The standard InChI is InChI=1S/C22H26FN3O4/c1-22(2,3)30-21(29)24-13-12-19(27)25-14-15-8-4-7-11-18(15)26-20(28)16-9-5-6-10-17(16)23/h4-11H,12-14H2,1-3H3,(H,24,29)(H,25,27)(H,26,28). The van der Waals surface area contributed by atoms with Crippen LogP contribution >= 0.6 is 0 Å². The van der Waals surface area contributed by atoms with Gasteiger partial charge in [-0.2, -0.15) is 0 Å². The molecule has 0 bridgehead atoms. The average molecular weight is 415 g/mol. The number of para-hydroxylation sites is 1. The summed E-state index contributed by atoms with van der Waals surface area (Å²) in [7, 11) is 0. The fourth-order valence-corrected chi connectivity index (χ4v) is 2.51. The molecular weight excluding hydrogens is 389 g/mol. The number of alkyl carbamates (subject to hydrolysis) is 1. The smallest absolute Gasteiger partial charge is 0.407 e. The van der Waals surface area contributed by atoms with Gasteiger partial charge in [-0.1, -0.05) is 30.3 Å². The van der Waals surface area contributed by atoms with E-state index in [9.17, 15) is 18.8 Å². The molecule has 0 radical (unpaired) electrons. The lowest BCUT2D eigenvalue weighted by Gasteiger charge is -2.19. The van der Waals surface area contributed by atoms with Gasteiger partial charge in [-0.3, -0.25) is 9.59 Å². The molecule has 0 unspecified atom stereocenters. The van der Waals surface area contributed by atoms with Crippen LogP contribution in [0.4, 0.5) is 14.9 Å². The van der Waals surface area contributed by atoms with Crippen molar-refractivity contribution in [3.05, 3.63) is 65.5 Å². The number of carbonyl (C=O) groups excluding carboxylic acids is 3. The Labute approximate surface area is 175 Å². The molecule has 2 rings (SSSR count). The minimum atomic E-state index is -0.613. The molecule has 0 aliphatic rings. The van der Waals surface area contributed by atoms with Crippen LogP contribution in [-0.2, 0) is 16.1 Å². The van der Waals surface area contributed by atoms with E-state index in [1.165, 1.54) is 18.2 Å². The molecule has 0 atom stereocenters. The third-order valence-electron chi connectivity index (χ3n) is 3.88. The summed E-state index contributed by atoms with van der Waals surface area (Å²) in [5.74, 6) is -1.46. The zero-order valence-electron chi connectivity index (χ0n) is 17.3. The SMILES string of the molecule is CC(C)(C)OC(=O)NCCC(=O)NCc1ccccc1NC(=O)c1ccccc1F. The van der Waals surface area contributed by atoms with E-state index in [1.54, 1.807) is 51.1 Å². The molecule has 2 aromatic carbocycles. The van der Waals surface area contributed by atoms with Gasteiger partial charge in [-0.25, -0.2) is 9.18 Å². The summed E-state index contributed by atoms with van der Waals surface area (Å²) in [5.41, 5.74) is 0.460. The minimum Gasteiger partial charge on any atom is -0.444 e. The molecule has 2 aromatic rings. The first-order valence-electron chi connectivity index (χ1n) is 9.53. The minimum absolute atomic E-state index is 0.0652. The lowest BCUT2D eigenvalue weighted by Crippen LogP contribution is -2.35. The average Bonchev–Trinajstić information content (AvgIpc) is 2.66. The summed E-state index contributed by atoms with van der Waals surface area (Å²) in [5, 5.41) is 7.91. The molecule has 0 heterocycles. The van der Waals surface area contributed by atoms with Crippen molar-refractivity contribution in [2.45, 2.75) is 39.3 Å². The lowest BCUT2D eigenvalue weighted by atomic mass is 10.1. The third-order valence-corrected chi connectivity index (χ3v) is 3.88. The van der Waals surface area contributed by atoms with Crippen LogP contribution in [0.1, 0.15) is 43.1 Å². The molecule has 8 heteroatoms. The first kappa shape index (κ1) is 22.9. The van der Waals surface area contributed by atoms with Crippen molar-refractivity contribution in [3.63, 3.8) is 0 Å². The zero-order chi connectivity index (χ0) is 22.1. The summed E-state index contributed by atoms with van der Waals surface area (Å²) < 4.78 is 18.9. The number of carbonyl (C=O) groups is 3. The number of rotatable bonds is 7. The maximum atomic E-state index is 13.8. The van der Waals surface area contributed by atoms with E-state index in [-0.39, 0.29) is 31.0 Å². The molecule has 0 aliphatic heterocycles. The van der Waals surface area contributed by atoms with Gasteiger partial charge in [0, 0.05) is 25.2 Å². The van der Waals surface area contributed by atoms with Gasteiger partial charge in [0.05, 0.1) is 5.56 Å². The number of hydrogen-bond acceptors (Lipinski definition) is 4. The first-order valence-corrected chi connectivity index (χ1v) is 9.53. The Hall–Kier alpha value is -3.42. The summed E-state index contributed by atoms with van der Waals surface area (Å²) in [6.45, 7) is 5.55. The molecule has 0 aliphatic carbocycles. The fraction of sp³-hybridized carbons (Fsp3) is 0.318. The largest absolute Gasteiger partial charge is 0.444 e. The molecule has 0 spiro atoms. The van der Waals surface area contributed by atoms with Gasteiger partial charge in [0.25, 0.3) is 5.91 Å². The van der Waals surface area contributed by atoms with Gasteiger partial charge in [0.2, 0.25) is 5.91 Å². The van der Waals surface area contributed by atoms with E-state index in [0.29, 0.717) is 11.3 Å². The molecule has 3 amide bonds. The van der Waals surface area contributed by atoms with E-state index >= 15 is 0 Å². The van der Waals surface area contributed by atoms with Crippen molar-refractivity contribution in [1.29, 1.82) is 0 Å². The molecular formula is C22H26FN3O4. The maximum absolute atomic E-state index is 13.8. The Balaban J connectivity index is 1.86. The molecule has 3 N–H and O–H groups in total. The van der Waals surface area contributed by atoms with Crippen molar-refractivity contribution >= 4 is 23.6 Å². The van der Waals surface area contributed by atoms with Gasteiger partial charge < -0.3 is 20.7 Å². The Bertz CT molecular complexity index is 909. The van der Waals surface area contributed by atoms with Crippen molar-refractivity contribution in [1.82, 2.24) is 10.6 Å². The molecule has 0 aromatic heterocycles. The normalized spacial score (nSPS) is 10.8. The van der Waals surface area contributed by atoms with Crippen molar-refractivity contribution in [2.75, 3.05) is 11.9 Å². The monoisotopic (exact) mass is 415 g/mol. The second kappa shape index (κ2) is 10.4. The lowest BCUT2D eigenvalue weighted by molar-refractivity contribution is -0.121. The number of benzene rings is 2. The maximum Gasteiger partial charge on any atom is 0.407 e. The summed E-state index contributed by atoms with van der Waals surface area (Å²) in [6, 6.07) is 12.6. The quantitative estimate of drug-likeness (QED) is 0.644. The first-order chi connectivity index (χ1) is 14.2. The van der Waals surface area contributed by atoms with Gasteiger partial charge in [-0.15, -0.1) is 0 Å². The molecule has 0 fully saturated rings. The predicted molar refractivity (Wildman–Crippen MR) is 111 cm³/mol. The van der Waals surface area contributed by atoms with Crippen LogP contribution in [0, 0.1) is 5.82 Å². The van der Waals surface area contributed by atoms with Crippen LogP contribution in [0.15, 0.2) is 48.5 Å². The van der Waals surface area contributed by atoms with Gasteiger partial charge in [-0.05, 0) is 44.5 Å². The highest BCUT2D eigenvalue weighted by Crippen LogP contribution is 2.17. The number of hydrogen-bond donors (Lipinski definition) is 3. The Kier molecular flexibility index (Phi) is 7.91. The van der Waals surface area contributed by atoms with Crippen LogP contribution in [0.3, 0.4) is 0 Å². The molecule has 7 nitrogen and oxygen atoms in total. The van der Waals surface area contributed by atoms with E-state index in [2.05, 4.69) is 16.0 Å². The molecule has 0 saturated heterocycles. The number of halogens is 1. The highest BCUT2D eigenvalue weighted by molar-refractivity contribution is 6.04. The number of amides is 3. The Morgan fingerprint density at radius 3 is 2.33 bits per heavy atom. The van der Waals surface area contributed by atoms with E-state index in [0.717, 1.165) is 0 Å². The molecule has 160 valence electrons. The summed E-state index contributed by atoms with van der Waals surface area (Å²) >= 11 is 0. The zero-order valence-corrected chi connectivity index (χ0v) is 17.3. The topological polar surface area (TPSA) is 96.5 Å². The highest BCUT2D eigenvalue weighted by Gasteiger charge is 2.16. The van der Waals surface area contributed by atoms with Crippen LogP contribution < -0.4 is 16.0 Å². The number of ether oxygens (including phenoxy) is 1. The Morgan fingerprint density at radius 2 is 1.63 bits per heavy atom. The van der Waals surface area contributed by atoms with Crippen LogP contribution in [0.25, 0.3) is 0 Å². The summed E-state index contributed by atoms with van der Waals surface area (Å²) in [6.07, 6.45) is -0.514. The van der Waals surface area contributed by atoms with Crippen LogP contribution in [0.5, 0.6) is 0 Å². The summed E-state index contributed by atoms with van der Waals surface area (Å²) in [4.78, 5) is 36.0. The Morgan fingerprint density at radius 1 is 0.967 bits per heavy atom. The second-order valence-electron chi connectivity index (χ2n) is 7.55. The third kappa shape index (κ3) is 7.54. The van der Waals surface area contributed by atoms with Crippen molar-refractivity contribution < 1.29 is 23.5 Å². The predicted octanol–water partition coefficient (Wildman–Crippen LogP) is 3.61. The fourth-order valence-electron chi connectivity index (χ4n) is 2.51. The van der Waals surface area contributed by atoms with Crippen molar-refractivity contribution in [2.24, 2.45) is 0 Å².